The van der Waals surface area contributed by atoms with Gasteiger partial charge in [-0.1, -0.05) is 0 Å². The van der Waals surface area contributed by atoms with Crippen molar-refractivity contribution in [3.8, 4) is 17.1 Å². The summed E-state index contributed by atoms with van der Waals surface area (Å²) in [6.45, 7) is 2.62. The largest absolute Gasteiger partial charge is 0.494 e. The highest BCUT2D eigenvalue weighted by Gasteiger charge is 2.09. The highest BCUT2D eigenvalue weighted by atomic mass is 35.5. The van der Waals surface area contributed by atoms with Gasteiger partial charge >= 0.3 is 0 Å². The first-order valence-electron chi connectivity index (χ1n) is 5.06. The van der Waals surface area contributed by atoms with Crippen molar-refractivity contribution in [2.24, 2.45) is 0 Å². The summed E-state index contributed by atoms with van der Waals surface area (Å²) < 4.78 is 10.7. The van der Waals surface area contributed by atoms with E-state index in [-0.39, 0.29) is 0 Å². The van der Waals surface area contributed by atoms with Crippen molar-refractivity contribution in [1.82, 2.24) is 4.98 Å². The normalized spacial score (nSPS) is 10.4. The van der Waals surface area contributed by atoms with Crippen LogP contribution in [0.3, 0.4) is 0 Å². The van der Waals surface area contributed by atoms with Crippen molar-refractivity contribution in [2.45, 2.75) is 12.8 Å². The molecule has 1 heterocycles. The van der Waals surface area contributed by atoms with Crippen LogP contribution in [0.15, 0.2) is 35.1 Å². The van der Waals surface area contributed by atoms with Crippen LogP contribution in [-0.2, 0) is 5.88 Å². The molecule has 0 aliphatic carbocycles. The Balaban J connectivity index is 2.27. The first-order valence-corrected chi connectivity index (χ1v) is 5.60. The van der Waals surface area contributed by atoms with E-state index in [2.05, 4.69) is 4.98 Å². The molecular weight excluding hydrogens is 226 g/mol. The molecule has 0 saturated heterocycles. The zero-order valence-electron chi connectivity index (χ0n) is 8.94. The molecule has 0 aliphatic heterocycles. The SMILES string of the molecule is CCOc1ccc(-c2ocnc2CCl)cc1. The molecule has 0 atom stereocenters. The Labute approximate surface area is 99.0 Å². The zero-order chi connectivity index (χ0) is 11.4. The third kappa shape index (κ3) is 2.19. The van der Waals surface area contributed by atoms with Crippen LogP contribution in [0.4, 0.5) is 0 Å². The maximum atomic E-state index is 5.76. The van der Waals surface area contributed by atoms with Gasteiger partial charge in [0, 0.05) is 5.56 Å². The van der Waals surface area contributed by atoms with Crippen LogP contribution in [-0.4, -0.2) is 11.6 Å². The van der Waals surface area contributed by atoms with Crippen molar-refractivity contribution in [3.63, 3.8) is 0 Å². The van der Waals surface area contributed by atoms with Gasteiger partial charge in [0.2, 0.25) is 0 Å². The quantitative estimate of drug-likeness (QED) is 0.764. The molecule has 1 aromatic heterocycles. The highest BCUT2D eigenvalue weighted by Crippen LogP contribution is 2.26. The van der Waals surface area contributed by atoms with Crippen LogP contribution in [0.5, 0.6) is 5.75 Å². The third-order valence-electron chi connectivity index (χ3n) is 2.20. The van der Waals surface area contributed by atoms with Gasteiger partial charge in [-0.3, -0.25) is 0 Å². The number of benzene rings is 1. The summed E-state index contributed by atoms with van der Waals surface area (Å²) in [5.41, 5.74) is 1.71. The number of ether oxygens (including phenoxy) is 1. The lowest BCUT2D eigenvalue weighted by Gasteiger charge is -2.03. The molecule has 0 spiro atoms. The van der Waals surface area contributed by atoms with Crippen LogP contribution in [0.25, 0.3) is 11.3 Å². The molecule has 0 amide bonds. The average Bonchev–Trinajstić information content (AvgIpc) is 2.78. The Morgan fingerprint density at radius 1 is 1.31 bits per heavy atom. The molecule has 0 N–H and O–H groups in total. The minimum absolute atomic E-state index is 0.346. The summed E-state index contributed by atoms with van der Waals surface area (Å²) in [6, 6.07) is 7.67. The van der Waals surface area contributed by atoms with Crippen LogP contribution in [0.1, 0.15) is 12.6 Å². The van der Waals surface area contributed by atoms with Crippen molar-refractivity contribution < 1.29 is 9.15 Å². The molecule has 0 fully saturated rings. The van der Waals surface area contributed by atoms with Gasteiger partial charge in [0.15, 0.2) is 12.2 Å². The van der Waals surface area contributed by atoms with Gasteiger partial charge in [-0.15, -0.1) is 11.6 Å². The molecule has 0 saturated carbocycles. The predicted octanol–water partition coefficient (Wildman–Crippen LogP) is 3.48. The molecule has 84 valence electrons. The molecule has 2 rings (SSSR count). The number of oxazole rings is 1. The molecule has 4 heteroatoms. The Hall–Kier alpha value is -1.48. The van der Waals surface area contributed by atoms with Crippen LogP contribution in [0.2, 0.25) is 0 Å². The number of aromatic nitrogens is 1. The highest BCUT2D eigenvalue weighted by molar-refractivity contribution is 6.17. The fourth-order valence-corrected chi connectivity index (χ4v) is 1.66. The Bertz CT molecular complexity index is 450. The summed E-state index contributed by atoms with van der Waals surface area (Å²) in [6.07, 6.45) is 1.41. The van der Waals surface area contributed by atoms with Crippen molar-refractivity contribution >= 4 is 11.6 Å². The van der Waals surface area contributed by atoms with E-state index in [1.165, 1.54) is 6.39 Å². The second kappa shape index (κ2) is 5.03. The lowest BCUT2D eigenvalue weighted by molar-refractivity contribution is 0.340. The molecule has 0 aliphatic rings. The predicted molar refractivity (Wildman–Crippen MR) is 62.7 cm³/mol. The summed E-state index contributed by atoms with van der Waals surface area (Å²) in [5.74, 6) is 1.91. The van der Waals surface area contributed by atoms with E-state index >= 15 is 0 Å². The summed E-state index contributed by atoms with van der Waals surface area (Å²) in [7, 11) is 0. The van der Waals surface area contributed by atoms with Gasteiger partial charge < -0.3 is 9.15 Å². The summed E-state index contributed by atoms with van der Waals surface area (Å²) in [4.78, 5) is 4.04. The van der Waals surface area contributed by atoms with E-state index in [0.717, 1.165) is 22.8 Å². The molecule has 0 unspecified atom stereocenters. The van der Waals surface area contributed by atoms with Gasteiger partial charge in [-0.2, -0.15) is 0 Å². The molecule has 3 nitrogen and oxygen atoms in total. The maximum absolute atomic E-state index is 5.76. The van der Waals surface area contributed by atoms with Crippen molar-refractivity contribution in [2.75, 3.05) is 6.61 Å². The Kier molecular flexibility index (Phi) is 3.47. The number of hydrogen-bond donors (Lipinski definition) is 0. The zero-order valence-corrected chi connectivity index (χ0v) is 9.70. The number of halogens is 1. The summed E-state index contributed by atoms with van der Waals surface area (Å²) >= 11 is 5.76. The number of nitrogens with zero attached hydrogens (tertiary/aromatic N) is 1. The number of hydrogen-bond acceptors (Lipinski definition) is 3. The third-order valence-corrected chi connectivity index (χ3v) is 2.45. The minimum atomic E-state index is 0.346. The van der Waals surface area contributed by atoms with Gasteiger partial charge in [0.1, 0.15) is 11.4 Å². The molecule has 16 heavy (non-hydrogen) atoms. The second-order valence-electron chi connectivity index (χ2n) is 3.22. The van der Waals surface area contributed by atoms with E-state index in [1.54, 1.807) is 0 Å². The van der Waals surface area contributed by atoms with Crippen molar-refractivity contribution in [1.29, 1.82) is 0 Å². The van der Waals surface area contributed by atoms with Gasteiger partial charge in [-0.05, 0) is 31.2 Å². The minimum Gasteiger partial charge on any atom is -0.494 e. The first-order chi connectivity index (χ1) is 7.85. The van der Waals surface area contributed by atoms with E-state index < -0.39 is 0 Å². The standard InChI is InChI=1S/C12H12ClNO2/c1-2-15-10-5-3-9(4-6-10)12-11(7-13)14-8-16-12/h3-6,8H,2,7H2,1H3. The second-order valence-corrected chi connectivity index (χ2v) is 3.49. The topological polar surface area (TPSA) is 35.3 Å². The number of rotatable bonds is 4. The van der Waals surface area contributed by atoms with Crippen LogP contribution >= 0.6 is 11.6 Å². The molecule has 2 aromatic rings. The van der Waals surface area contributed by atoms with E-state index in [0.29, 0.717) is 12.5 Å². The molecular formula is C12H12ClNO2. The van der Waals surface area contributed by atoms with Gasteiger partial charge in [0.25, 0.3) is 0 Å². The summed E-state index contributed by atoms with van der Waals surface area (Å²) in [5, 5.41) is 0. The van der Waals surface area contributed by atoms with E-state index in [9.17, 15) is 0 Å². The Morgan fingerprint density at radius 2 is 2.06 bits per heavy atom. The molecule has 0 radical (unpaired) electrons. The monoisotopic (exact) mass is 237 g/mol. The maximum Gasteiger partial charge on any atom is 0.181 e. The van der Waals surface area contributed by atoms with Crippen LogP contribution < -0.4 is 4.74 Å². The van der Waals surface area contributed by atoms with E-state index in [1.807, 2.05) is 31.2 Å². The Morgan fingerprint density at radius 3 is 2.69 bits per heavy atom. The van der Waals surface area contributed by atoms with Gasteiger partial charge in [0.05, 0.1) is 12.5 Å². The average molecular weight is 238 g/mol. The fraction of sp³-hybridized carbons (Fsp3) is 0.250. The first kappa shape index (κ1) is 11.0. The van der Waals surface area contributed by atoms with Crippen molar-refractivity contribution in [3.05, 3.63) is 36.4 Å². The lowest BCUT2D eigenvalue weighted by atomic mass is 10.1. The number of alkyl halides is 1. The smallest absolute Gasteiger partial charge is 0.181 e. The lowest BCUT2D eigenvalue weighted by Crippen LogP contribution is -1.90. The molecule has 1 aromatic carbocycles. The van der Waals surface area contributed by atoms with Crippen LogP contribution in [0, 0.1) is 0 Å². The van der Waals surface area contributed by atoms with E-state index in [4.69, 9.17) is 20.8 Å². The van der Waals surface area contributed by atoms with Gasteiger partial charge in [-0.25, -0.2) is 4.98 Å². The fourth-order valence-electron chi connectivity index (χ4n) is 1.47. The molecule has 0 bridgehead atoms.